The Morgan fingerprint density at radius 3 is 2.95 bits per heavy atom. The maximum absolute atomic E-state index is 9.18. The number of rotatable bonds is 6. The van der Waals surface area contributed by atoms with Gasteiger partial charge in [-0.3, -0.25) is 0 Å². The van der Waals surface area contributed by atoms with Crippen molar-refractivity contribution < 1.29 is 9.84 Å². The zero-order valence-electron chi connectivity index (χ0n) is 12.0. The van der Waals surface area contributed by atoms with Crippen molar-refractivity contribution in [1.82, 2.24) is 15.0 Å². The molecule has 20 heavy (non-hydrogen) atoms. The molecule has 0 amide bonds. The molecule has 3 N–H and O–H groups in total. The van der Waals surface area contributed by atoms with Crippen LogP contribution in [0.4, 0.5) is 11.9 Å². The average Bonchev–Trinajstić information content (AvgIpc) is 2.45. The minimum Gasteiger partial charge on any atom is -0.463 e. The number of anilines is 2. The van der Waals surface area contributed by atoms with Crippen molar-refractivity contribution in [2.75, 3.05) is 30.4 Å². The summed E-state index contributed by atoms with van der Waals surface area (Å²) >= 11 is 0. The summed E-state index contributed by atoms with van der Waals surface area (Å²) in [5.74, 6) is 0.733. The van der Waals surface area contributed by atoms with Gasteiger partial charge in [0.15, 0.2) is 0 Å². The third-order valence-electron chi connectivity index (χ3n) is 3.40. The lowest BCUT2D eigenvalue weighted by molar-refractivity contribution is 0.261. The van der Waals surface area contributed by atoms with E-state index >= 15 is 0 Å². The first-order valence-corrected chi connectivity index (χ1v) is 7.26. The summed E-state index contributed by atoms with van der Waals surface area (Å²) in [5.41, 5.74) is 5.74. The van der Waals surface area contributed by atoms with Crippen LogP contribution in [0.3, 0.4) is 0 Å². The molecule has 7 nitrogen and oxygen atoms in total. The number of aromatic nitrogens is 3. The summed E-state index contributed by atoms with van der Waals surface area (Å²) in [6.07, 6.45) is 4.91. The zero-order valence-corrected chi connectivity index (χ0v) is 12.0. The van der Waals surface area contributed by atoms with E-state index < -0.39 is 0 Å². The van der Waals surface area contributed by atoms with Gasteiger partial charge in [-0.15, -0.1) is 0 Å². The molecule has 112 valence electrons. The Kier molecular flexibility index (Phi) is 5.34. The van der Waals surface area contributed by atoms with Gasteiger partial charge in [0.1, 0.15) is 0 Å². The average molecular weight is 281 g/mol. The second-order valence-corrected chi connectivity index (χ2v) is 4.98. The van der Waals surface area contributed by atoms with E-state index in [4.69, 9.17) is 10.5 Å². The normalized spacial score (nSPS) is 19.1. The highest BCUT2D eigenvalue weighted by Crippen LogP contribution is 2.25. The van der Waals surface area contributed by atoms with Gasteiger partial charge in [-0.1, -0.05) is 6.92 Å². The van der Waals surface area contributed by atoms with Gasteiger partial charge in [0.25, 0.3) is 0 Å². The molecule has 1 aromatic rings. The lowest BCUT2D eigenvalue weighted by Gasteiger charge is -2.35. The highest BCUT2D eigenvalue weighted by Gasteiger charge is 2.25. The van der Waals surface area contributed by atoms with Gasteiger partial charge < -0.3 is 20.5 Å². The fraction of sp³-hybridized carbons (Fsp3) is 0.769. The Hall–Kier alpha value is -1.63. The fourth-order valence-corrected chi connectivity index (χ4v) is 2.46. The highest BCUT2D eigenvalue weighted by molar-refractivity contribution is 5.37. The third-order valence-corrected chi connectivity index (χ3v) is 3.40. The Bertz CT molecular complexity index is 427. The van der Waals surface area contributed by atoms with Crippen molar-refractivity contribution in [3.05, 3.63) is 0 Å². The number of aliphatic hydroxyl groups is 1. The van der Waals surface area contributed by atoms with E-state index in [2.05, 4.69) is 19.9 Å². The maximum atomic E-state index is 9.18. The summed E-state index contributed by atoms with van der Waals surface area (Å²) in [5, 5.41) is 9.18. The molecule has 0 spiro atoms. The summed E-state index contributed by atoms with van der Waals surface area (Å²) in [7, 11) is 0. The Morgan fingerprint density at radius 1 is 1.35 bits per heavy atom. The zero-order chi connectivity index (χ0) is 14.4. The molecule has 2 heterocycles. The van der Waals surface area contributed by atoms with Crippen LogP contribution >= 0.6 is 0 Å². The molecule has 1 aliphatic heterocycles. The molecule has 1 atom stereocenters. The van der Waals surface area contributed by atoms with Crippen molar-refractivity contribution in [3.8, 4) is 6.01 Å². The lowest BCUT2D eigenvalue weighted by atomic mass is 10.0. The molecule has 1 aliphatic rings. The second kappa shape index (κ2) is 7.23. The molecule has 2 rings (SSSR count). The van der Waals surface area contributed by atoms with Gasteiger partial charge in [0, 0.05) is 19.2 Å². The van der Waals surface area contributed by atoms with Crippen LogP contribution in [0, 0.1) is 0 Å². The van der Waals surface area contributed by atoms with E-state index in [1.54, 1.807) is 0 Å². The minimum absolute atomic E-state index is 0.168. The van der Waals surface area contributed by atoms with E-state index in [1.807, 2.05) is 6.92 Å². The van der Waals surface area contributed by atoms with Crippen LogP contribution in [0.2, 0.25) is 0 Å². The van der Waals surface area contributed by atoms with E-state index in [9.17, 15) is 5.11 Å². The second-order valence-electron chi connectivity index (χ2n) is 4.98. The Morgan fingerprint density at radius 2 is 2.20 bits per heavy atom. The van der Waals surface area contributed by atoms with Gasteiger partial charge in [-0.25, -0.2) is 0 Å². The van der Waals surface area contributed by atoms with Crippen molar-refractivity contribution in [1.29, 1.82) is 0 Å². The number of nitrogens with two attached hydrogens (primary N) is 1. The predicted octanol–water partition coefficient (Wildman–Crippen LogP) is 0.984. The quantitative estimate of drug-likeness (QED) is 0.802. The first-order valence-electron chi connectivity index (χ1n) is 7.26. The Labute approximate surface area is 119 Å². The molecule has 0 aromatic carbocycles. The molecule has 1 unspecified atom stereocenters. The topological polar surface area (TPSA) is 97.4 Å². The van der Waals surface area contributed by atoms with Crippen LogP contribution in [0.1, 0.15) is 39.0 Å². The first kappa shape index (κ1) is 14.8. The summed E-state index contributed by atoms with van der Waals surface area (Å²) < 4.78 is 5.44. The van der Waals surface area contributed by atoms with E-state index in [1.165, 1.54) is 6.42 Å². The number of nitrogen functional groups attached to an aromatic ring is 1. The number of hydrogen-bond donors (Lipinski definition) is 2. The van der Waals surface area contributed by atoms with Crippen LogP contribution < -0.4 is 15.4 Å². The van der Waals surface area contributed by atoms with Crippen LogP contribution in [0.15, 0.2) is 0 Å². The Balaban J connectivity index is 2.18. The molecule has 7 heteroatoms. The highest BCUT2D eigenvalue weighted by atomic mass is 16.5. The molecule has 0 bridgehead atoms. The molecule has 1 fully saturated rings. The number of ether oxygens (including phenoxy) is 1. The fourth-order valence-electron chi connectivity index (χ4n) is 2.46. The summed E-state index contributed by atoms with van der Waals surface area (Å²) in [6, 6.07) is 0.539. The predicted molar refractivity (Wildman–Crippen MR) is 76.7 cm³/mol. The van der Waals surface area contributed by atoms with E-state index in [0.717, 1.165) is 32.2 Å². The standard InChI is InChI=1S/C13H23N5O2/c1-2-9-20-13-16-11(14)15-12(17-13)18-7-4-3-5-10(18)6-8-19/h10,19H,2-9H2,1H3,(H2,14,15,16,17). The van der Waals surface area contributed by atoms with E-state index in [-0.39, 0.29) is 24.6 Å². The first-order chi connectivity index (χ1) is 9.74. The molecular formula is C13H23N5O2. The monoisotopic (exact) mass is 281 g/mol. The maximum Gasteiger partial charge on any atom is 0.323 e. The van der Waals surface area contributed by atoms with Crippen LogP contribution in [0.25, 0.3) is 0 Å². The van der Waals surface area contributed by atoms with Crippen molar-refractivity contribution in [2.24, 2.45) is 0 Å². The number of hydrogen-bond acceptors (Lipinski definition) is 7. The van der Waals surface area contributed by atoms with Crippen LogP contribution in [0.5, 0.6) is 6.01 Å². The van der Waals surface area contributed by atoms with Crippen molar-refractivity contribution in [3.63, 3.8) is 0 Å². The largest absolute Gasteiger partial charge is 0.463 e. The van der Waals surface area contributed by atoms with Gasteiger partial charge in [0.2, 0.25) is 11.9 Å². The van der Waals surface area contributed by atoms with Gasteiger partial charge >= 0.3 is 6.01 Å². The number of aliphatic hydroxyl groups excluding tert-OH is 1. The SMILES string of the molecule is CCCOc1nc(N)nc(N2CCCCC2CCO)n1. The number of piperidine rings is 1. The molecular weight excluding hydrogens is 258 g/mol. The molecule has 0 radical (unpaired) electrons. The molecule has 1 saturated heterocycles. The van der Waals surface area contributed by atoms with Gasteiger partial charge in [-0.2, -0.15) is 15.0 Å². The molecule has 0 aliphatic carbocycles. The summed E-state index contributed by atoms with van der Waals surface area (Å²) in [4.78, 5) is 14.7. The van der Waals surface area contributed by atoms with Crippen molar-refractivity contribution >= 4 is 11.9 Å². The third kappa shape index (κ3) is 3.69. The van der Waals surface area contributed by atoms with Crippen molar-refractivity contribution in [2.45, 2.75) is 45.1 Å². The summed E-state index contributed by atoms with van der Waals surface area (Å²) in [6.45, 7) is 3.62. The van der Waals surface area contributed by atoms with Gasteiger partial charge in [-0.05, 0) is 32.1 Å². The molecule has 0 saturated carbocycles. The number of nitrogens with zero attached hydrogens (tertiary/aromatic N) is 4. The van der Waals surface area contributed by atoms with Gasteiger partial charge in [0.05, 0.1) is 6.61 Å². The minimum atomic E-state index is 0.168. The van der Waals surface area contributed by atoms with E-state index in [0.29, 0.717) is 12.6 Å². The lowest BCUT2D eigenvalue weighted by Crippen LogP contribution is -2.41. The van der Waals surface area contributed by atoms with Crippen LogP contribution in [-0.2, 0) is 0 Å². The van der Waals surface area contributed by atoms with Crippen LogP contribution in [-0.4, -0.2) is 45.9 Å². The smallest absolute Gasteiger partial charge is 0.323 e. The molecule has 1 aromatic heterocycles.